The molecule has 1 fully saturated rings. The summed E-state index contributed by atoms with van der Waals surface area (Å²) in [4.78, 5) is 16.6. The van der Waals surface area contributed by atoms with Gasteiger partial charge in [0.2, 0.25) is 0 Å². The summed E-state index contributed by atoms with van der Waals surface area (Å²) in [6.45, 7) is 3.24. The summed E-state index contributed by atoms with van der Waals surface area (Å²) < 4.78 is 5.01. The normalized spacial score (nSPS) is 23.2. The quantitative estimate of drug-likeness (QED) is 0.490. The van der Waals surface area contributed by atoms with Crippen molar-refractivity contribution in [2.45, 2.75) is 43.6 Å². The van der Waals surface area contributed by atoms with Gasteiger partial charge in [0.15, 0.2) is 0 Å². The smallest absolute Gasteiger partial charge is 0.407 e. The van der Waals surface area contributed by atoms with Crippen LogP contribution in [0.25, 0.3) is 5.57 Å². The van der Waals surface area contributed by atoms with E-state index in [0.29, 0.717) is 36.1 Å². The van der Waals surface area contributed by atoms with E-state index in [9.17, 15) is 15.0 Å². The number of hydrogen-bond donors (Lipinski definition) is 3. The van der Waals surface area contributed by atoms with Crippen LogP contribution >= 0.6 is 23.2 Å². The van der Waals surface area contributed by atoms with Crippen LogP contribution in [-0.4, -0.2) is 78.3 Å². The number of ether oxygens (including phenoxy) is 1. The Hall–Kier alpha value is -2.13. The van der Waals surface area contributed by atoms with E-state index in [2.05, 4.69) is 34.5 Å². The Morgan fingerprint density at radius 2 is 1.95 bits per heavy atom. The highest BCUT2D eigenvalue weighted by atomic mass is 35.5. The third-order valence-corrected chi connectivity index (χ3v) is 8.24. The molecule has 0 saturated carbocycles. The van der Waals surface area contributed by atoms with Gasteiger partial charge in [-0.05, 0) is 77.8 Å². The number of aryl methyl sites for hydroxylation is 1. The molecular formula is C28H33Cl2N3O4. The number of likely N-dealkylation sites (tertiary alicyclic amines) is 1. The number of amides is 1. The minimum atomic E-state index is -0.625. The summed E-state index contributed by atoms with van der Waals surface area (Å²) in [5.74, 6) is 0. The van der Waals surface area contributed by atoms with Gasteiger partial charge in [0, 0.05) is 42.8 Å². The molecule has 2 heterocycles. The van der Waals surface area contributed by atoms with Gasteiger partial charge in [-0.15, -0.1) is 0 Å². The van der Waals surface area contributed by atoms with Crippen molar-refractivity contribution in [3.8, 4) is 0 Å². The highest BCUT2D eigenvalue weighted by Crippen LogP contribution is 2.42. The van der Waals surface area contributed by atoms with Crippen molar-refractivity contribution < 1.29 is 19.7 Å². The number of nitrogens with one attached hydrogen (secondary N) is 1. The Balaban J connectivity index is 1.37. The van der Waals surface area contributed by atoms with E-state index in [-0.39, 0.29) is 6.10 Å². The fourth-order valence-electron chi connectivity index (χ4n) is 5.80. The number of methoxy groups -OCH3 is 1. The van der Waals surface area contributed by atoms with Gasteiger partial charge in [-0.25, -0.2) is 4.79 Å². The molecule has 0 spiro atoms. The lowest BCUT2D eigenvalue weighted by Gasteiger charge is -2.41. The highest BCUT2D eigenvalue weighted by Gasteiger charge is 2.41. The number of benzene rings is 2. The molecule has 2 aromatic rings. The summed E-state index contributed by atoms with van der Waals surface area (Å²) in [5, 5.41) is 24.2. The molecule has 2 unspecified atom stereocenters. The van der Waals surface area contributed by atoms with Gasteiger partial charge >= 0.3 is 6.09 Å². The molecule has 1 aliphatic carbocycles. The largest absolute Gasteiger partial charge is 0.453 e. The highest BCUT2D eigenvalue weighted by molar-refractivity contribution is 6.34. The average Bonchev–Trinajstić information content (AvgIpc) is 3.18. The van der Waals surface area contributed by atoms with Gasteiger partial charge in [0.1, 0.15) is 6.23 Å². The Kier molecular flexibility index (Phi) is 7.82. The number of hydrogen-bond acceptors (Lipinski definition) is 6. The molecule has 3 aliphatic rings. The molecule has 0 bridgehead atoms. The maximum absolute atomic E-state index is 12.5. The number of nitrogens with zero attached hydrogens (tertiary/aromatic N) is 2. The molecule has 2 atom stereocenters. The van der Waals surface area contributed by atoms with Crippen LogP contribution in [0, 0.1) is 0 Å². The predicted octanol–water partition coefficient (Wildman–Crippen LogP) is 3.82. The Morgan fingerprint density at radius 1 is 1.19 bits per heavy atom. The van der Waals surface area contributed by atoms with Crippen LogP contribution in [0.1, 0.15) is 35.1 Å². The Labute approximate surface area is 227 Å². The van der Waals surface area contributed by atoms with Crippen LogP contribution in [0.4, 0.5) is 4.79 Å². The van der Waals surface area contributed by atoms with E-state index in [1.807, 2.05) is 17.0 Å². The molecule has 1 amide bonds. The van der Waals surface area contributed by atoms with E-state index < -0.39 is 17.9 Å². The predicted molar refractivity (Wildman–Crippen MR) is 145 cm³/mol. The summed E-state index contributed by atoms with van der Waals surface area (Å²) >= 11 is 12.6. The minimum Gasteiger partial charge on any atom is -0.453 e. The van der Waals surface area contributed by atoms with Crippen molar-refractivity contribution in [2.24, 2.45) is 0 Å². The van der Waals surface area contributed by atoms with Gasteiger partial charge in [-0.1, -0.05) is 41.4 Å². The second-order valence-corrected chi connectivity index (χ2v) is 11.2. The second kappa shape index (κ2) is 10.9. The standard InChI is InChI=1S/C28H33Cl2N3O4/c1-37-27(36)31-28(14-18-10-22(29)13-23(30)11-18)7-4-20-2-3-21(12-25(20)28)19-5-8-32(9-6-19)17-26(35)33-15-24(34)16-33/h2-3,5,10-13,24,26,34-35H,4,6-9,14-17H2,1H3,(H,31,36). The molecule has 0 radical (unpaired) electrons. The number of rotatable bonds is 7. The molecule has 2 aromatic carbocycles. The lowest BCUT2D eigenvalue weighted by Crippen LogP contribution is -2.58. The summed E-state index contributed by atoms with van der Waals surface area (Å²) in [6.07, 6.45) is 3.91. The first kappa shape index (κ1) is 26.5. The topological polar surface area (TPSA) is 85.3 Å². The van der Waals surface area contributed by atoms with Crippen molar-refractivity contribution >= 4 is 34.9 Å². The number of halogens is 2. The van der Waals surface area contributed by atoms with Crippen molar-refractivity contribution in [3.05, 3.63) is 74.8 Å². The van der Waals surface area contributed by atoms with E-state index in [1.165, 1.54) is 18.2 Å². The molecule has 198 valence electrons. The van der Waals surface area contributed by atoms with Crippen molar-refractivity contribution in [1.82, 2.24) is 15.1 Å². The van der Waals surface area contributed by atoms with Crippen LogP contribution in [0.2, 0.25) is 10.0 Å². The zero-order valence-corrected chi connectivity index (χ0v) is 22.4. The lowest BCUT2D eigenvalue weighted by molar-refractivity contribution is -0.108. The molecule has 5 rings (SSSR count). The van der Waals surface area contributed by atoms with Gasteiger partial charge in [0.25, 0.3) is 0 Å². The molecule has 9 heteroatoms. The Morgan fingerprint density at radius 3 is 2.59 bits per heavy atom. The number of carbonyl (C=O) groups is 1. The van der Waals surface area contributed by atoms with Gasteiger partial charge in [-0.2, -0.15) is 0 Å². The van der Waals surface area contributed by atoms with E-state index >= 15 is 0 Å². The van der Waals surface area contributed by atoms with Gasteiger partial charge < -0.3 is 20.3 Å². The molecule has 1 saturated heterocycles. The SMILES string of the molecule is COC(=O)NC1(Cc2cc(Cl)cc(Cl)c2)CCc2ccc(C3=CCN(CC(O)N4CC(O)C4)CC3)cc21. The zero-order chi connectivity index (χ0) is 26.2. The monoisotopic (exact) mass is 545 g/mol. The first-order valence-corrected chi connectivity index (χ1v) is 13.5. The summed E-state index contributed by atoms with van der Waals surface area (Å²) in [7, 11) is 1.38. The number of β-amino-alcohol motifs (C(OH)–C–C–N with tert-alkyl or cyclic N) is 2. The van der Waals surface area contributed by atoms with Gasteiger partial charge in [-0.3, -0.25) is 9.80 Å². The first-order valence-electron chi connectivity index (χ1n) is 12.7. The number of carbonyl (C=O) groups excluding carboxylic acids is 1. The molecule has 3 N–H and O–H groups in total. The van der Waals surface area contributed by atoms with Gasteiger partial charge in [0.05, 0.1) is 18.8 Å². The average molecular weight is 546 g/mol. The van der Waals surface area contributed by atoms with Crippen molar-refractivity contribution in [1.29, 1.82) is 0 Å². The number of fused-ring (bicyclic) bond motifs is 1. The summed E-state index contributed by atoms with van der Waals surface area (Å²) in [6, 6.07) is 12.0. The fraction of sp³-hybridized carbons (Fsp3) is 0.464. The van der Waals surface area contributed by atoms with Crippen LogP contribution in [-0.2, 0) is 23.1 Å². The first-order chi connectivity index (χ1) is 17.7. The fourth-order valence-corrected chi connectivity index (χ4v) is 6.38. The van der Waals surface area contributed by atoms with Crippen molar-refractivity contribution in [2.75, 3.05) is 39.8 Å². The minimum absolute atomic E-state index is 0.320. The molecule has 0 aromatic heterocycles. The lowest BCUT2D eigenvalue weighted by atomic mass is 9.83. The van der Waals surface area contributed by atoms with E-state index in [4.69, 9.17) is 27.9 Å². The van der Waals surface area contributed by atoms with Crippen LogP contribution in [0.3, 0.4) is 0 Å². The maximum atomic E-state index is 12.5. The number of alkyl carbamates (subject to hydrolysis) is 1. The third kappa shape index (κ3) is 5.82. The molecular weight excluding hydrogens is 513 g/mol. The third-order valence-electron chi connectivity index (χ3n) is 7.80. The van der Waals surface area contributed by atoms with Crippen LogP contribution in [0.15, 0.2) is 42.5 Å². The Bertz CT molecular complexity index is 1180. The van der Waals surface area contributed by atoms with Crippen LogP contribution < -0.4 is 5.32 Å². The second-order valence-electron chi connectivity index (χ2n) is 10.4. The van der Waals surface area contributed by atoms with Crippen LogP contribution in [0.5, 0.6) is 0 Å². The molecule has 2 aliphatic heterocycles. The maximum Gasteiger partial charge on any atom is 0.407 e. The molecule has 37 heavy (non-hydrogen) atoms. The zero-order valence-electron chi connectivity index (χ0n) is 20.9. The van der Waals surface area contributed by atoms with E-state index in [0.717, 1.165) is 49.0 Å². The van der Waals surface area contributed by atoms with E-state index in [1.54, 1.807) is 6.07 Å². The summed E-state index contributed by atoms with van der Waals surface area (Å²) in [5.41, 5.74) is 5.05. The van der Waals surface area contributed by atoms with Crippen molar-refractivity contribution in [3.63, 3.8) is 0 Å². The number of aliphatic hydroxyl groups excluding tert-OH is 2. The number of aliphatic hydroxyl groups is 2. The molecule has 7 nitrogen and oxygen atoms in total.